The molecule has 0 aromatic heterocycles. The van der Waals surface area contributed by atoms with Crippen molar-refractivity contribution in [2.45, 2.75) is 51.0 Å². The Morgan fingerprint density at radius 3 is 2.53 bits per heavy atom. The second kappa shape index (κ2) is 4.84. The van der Waals surface area contributed by atoms with Gasteiger partial charge in [-0.2, -0.15) is 0 Å². The molecule has 2 unspecified atom stereocenters. The zero-order valence-corrected chi connectivity index (χ0v) is 10.6. The summed E-state index contributed by atoms with van der Waals surface area (Å²) in [7, 11) is 0. The van der Waals surface area contributed by atoms with Crippen molar-refractivity contribution in [3.8, 4) is 0 Å². The molecule has 3 N–H and O–H groups in total. The third-order valence-electron chi connectivity index (χ3n) is 4.57. The van der Waals surface area contributed by atoms with Gasteiger partial charge in [0, 0.05) is 13.1 Å². The monoisotopic (exact) mass is 236 g/mol. The van der Waals surface area contributed by atoms with Crippen LogP contribution in [0.4, 0.5) is 0 Å². The van der Waals surface area contributed by atoms with E-state index in [0.717, 1.165) is 24.3 Å². The third-order valence-corrected chi connectivity index (χ3v) is 4.57. The van der Waals surface area contributed by atoms with Gasteiger partial charge in [0.15, 0.2) is 0 Å². The van der Waals surface area contributed by atoms with Crippen molar-refractivity contribution < 1.29 is 0 Å². The molecule has 17 heavy (non-hydrogen) atoms. The molecule has 1 aliphatic heterocycles. The third kappa shape index (κ3) is 2.57. The first-order valence-corrected chi connectivity index (χ1v) is 7.16. The van der Waals surface area contributed by atoms with Gasteiger partial charge in [0.1, 0.15) is 0 Å². The first-order valence-electron chi connectivity index (χ1n) is 7.16. The zero-order chi connectivity index (χ0) is 11.7. The highest BCUT2D eigenvalue weighted by atomic mass is 15.4. The van der Waals surface area contributed by atoms with E-state index in [2.05, 4.69) is 15.3 Å². The van der Waals surface area contributed by atoms with E-state index in [1.54, 1.807) is 0 Å². The maximum absolute atomic E-state index is 5.63. The van der Waals surface area contributed by atoms with Crippen LogP contribution in [-0.2, 0) is 0 Å². The van der Waals surface area contributed by atoms with Crippen LogP contribution < -0.4 is 11.3 Å². The number of hydrogen-bond donors (Lipinski definition) is 2. The number of hydrogen-bond acceptors (Lipinski definition) is 2. The quantitative estimate of drug-likeness (QED) is 0.314. The Bertz CT molecular complexity index is 298. The van der Waals surface area contributed by atoms with Crippen LogP contribution in [0.3, 0.4) is 0 Å². The van der Waals surface area contributed by atoms with Gasteiger partial charge in [0.05, 0.1) is 6.04 Å². The summed E-state index contributed by atoms with van der Waals surface area (Å²) in [4.78, 5) is 7.05. The van der Waals surface area contributed by atoms with E-state index in [0.29, 0.717) is 6.04 Å². The van der Waals surface area contributed by atoms with Crippen LogP contribution in [-0.4, -0.2) is 30.0 Å². The van der Waals surface area contributed by atoms with E-state index in [4.69, 9.17) is 5.84 Å². The fourth-order valence-electron chi connectivity index (χ4n) is 3.38. The lowest BCUT2D eigenvalue weighted by Crippen LogP contribution is -2.51. The minimum atomic E-state index is 0.546. The van der Waals surface area contributed by atoms with Gasteiger partial charge in [-0.25, -0.2) is 10.8 Å². The van der Waals surface area contributed by atoms with Crippen LogP contribution in [0.15, 0.2) is 4.99 Å². The Hall–Kier alpha value is -0.770. The van der Waals surface area contributed by atoms with Gasteiger partial charge in [-0.1, -0.05) is 19.3 Å². The second-order valence-electron chi connectivity index (χ2n) is 5.87. The summed E-state index contributed by atoms with van der Waals surface area (Å²) in [6, 6.07) is 0.546. The van der Waals surface area contributed by atoms with Crippen molar-refractivity contribution in [3.05, 3.63) is 0 Å². The van der Waals surface area contributed by atoms with Crippen LogP contribution in [0.1, 0.15) is 44.9 Å². The molecule has 2 saturated carbocycles. The highest BCUT2D eigenvalue weighted by Crippen LogP contribution is 2.36. The Labute approximate surface area is 104 Å². The summed E-state index contributed by atoms with van der Waals surface area (Å²) in [5, 5.41) is 0. The molecule has 0 amide bonds. The molecule has 0 radical (unpaired) electrons. The first kappa shape index (κ1) is 11.3. The molecule has 96 valence electrons. The number of nitrogens with one attached hydrogen (secondary N) is 1. The molecule has 0 spiro atoms. The molecule has 2 atom stereocenters. The van der Waals surface area contributed by atoms with Gasteiger partial charge < -0.3 is 4.90 Å². The Balaban J connectivity index is 1.63. The van der Waals surface area contributed by atoms with Gasteiger partial charge in [-0.3, -0.25) is 5.43 Å². The molecule has 0 bridgehead atoms. The minimum Gasteiger partial charge on any atom is -0.342 e. The van der Waals surface area contributed by atoms with Crippen molar-refractivity contribution in [2.24, 2.45) is 22.7 Å². The second-order valence-corrected chi connectivity index (χ2v) is 5.87. The van der Waals surface area contributed by atoms with Crippen molar-refractivity contribution in [3.63, 3.8) is 0 Å². The Kier molecular flexibility index (Phi) is 3.23. The maximum Gasteiger partial charge on any atom is 0.208 e. The van der Waals surface area contributed by atoms with Gasteiger partial charge in [0.2, 0.25) is 5.96 Å². The average molecular weight is 236 g/mol. The summed E-state index contributed by atoms with van der Waals surface area (Å²) in [5.41, 5.74) is 2.81. The molecule has 1 saturated heterocycles. The maximum atomic E-state index is 5.63. The molecule has 1 heterocycles. The predicted octanol–water partition coefficient (Wildman–Crippen LogP) is 1.48. The molecule has 0 aromatic rings. The molecule has 4 heteroatoms. The molecule has 3 aliphatic rings. The number of guanidine groups is 1. The largest absolute Gasteiger partial charge is 0.342 e. The van der Waals surface area contributed by atoms with E-state index in [-0.39, 0.29) is 0 Å². The smallest absolute Gasteiger partial charge is 0.208 e. The minimum absolute atomic E-state index is 0.546. The zero-order valence-electron chi connectivity index (χ0n) is 10.6. The van der Waals surface area contributed by atoms with E-state index in [1.165, 1.54) is 51.5 Å². The highest BCUT2D eigenvalue weighted by molar-refractivity contribution is 5.79. The van der Waals surface area contributed by atoms with Gasteiger partial charge >= 0.3 is 0 Å². The van der Waals surface area contributed by atoms with E-state index in [1.807, 2.05) is 0 Å². The van der Waals surface area contributed by atoms with Crippen molar-refractivity contribution >= 4 is 5.96 Å². The van der Waals surface area contributed by atoms with Crippen LogP contribution in [0, 0.1) is 11.8 Å². The average Bonchev–Trinajstić information content (AvgIpc) is 3.19. The summed E-state index contributed by atoms with van der Waals surface area (Å²) >= 11 is 0. The SMILES string of the molecule is NNC(=NC1CC1)N1CCC2CCCCC2C1. The lowest BCUT2D eigenvalue weighted by atomic mass is 9.75. The Morgan fingerprint density at radius 2 is 1.82 bits per heavy atom. The molecular formula is C13H24N4. The number of rotatable bonds is 1. The number of hydrazine groups is 1. The number of likely N-dealkylation sites (tertiary alicyclic amines) is 1. The summed E-state index contributed by atoms with van der Waals surface area (Å²) < 4.78 is 0. The fourth-order valence-corrected chi connectivity index (χ4v) is 3.38. The fraction of sp³-hybridized carbons (Fsp3) is 0.923. The van der Waals surface area contributed by atoms with Crippen LogP contribution >= 0.6 is 0 Å². The number of piperidine rings is 1. The predicted molar refractivity (Wildman–Crippen MR) is 69.4 cm³/mol. The molecule has 3 rings (SSSR count). The summed E-state index contributed by atoms with van der Waals surface area (Å²) in [6.07, 6.45) is 9.53. The van der Waals surface area contributed by atoms with E-state index >= 15 is 0 Å². The molecule has 0 aromatic carbocycles. The van der Waals surface area contributed by atoms with E-state index in [9.17, 15) is 0 Å². The van der Waals surface area contributed by atoms with Crippen molar-refractivity contribution in [1.29, 1.82) is 0 Å². The van der Waals surface area contributed by atoms with Crippen molar-refractivity contribution in [2.75, 3.05) is 13.1 Å². The summed E-state index contributed by atoms with van der Waals surface area (Å²) in [5.74, 6) is 8.42. The topological polar surface area (TPSA) is 53.6 Å². The summed E-state index contributed by atoms with van der Waals surface area (Å²) in [6.45, 7) is 2.30. The molecular weight excluding hydrogens is 212 g/mol. The Morgan fingerprint density at radius 1 is 1.06 bits per heavy atom. The molecule has 4 nitrogen and oxygen atoms in total. The van der Waals surface area contributed by atoms with Gasteiger partial charge in [-0.05, 0) is 37.5 Å². The standard InChI is InChI=1S/C13H24N4/c14-16-13(15-12-5-6-12)17-8-7-10-3-1-2-4-11(10)9-17/h10-12H,1-9,14H2,(H,15,16). The van der Waals surface area contributed by atoms with E-state index < -0.39 is 0 Å². The van der Waals surface area contributed by atoms with Crippen LogP contribution in [0.25, 0.3) is 0 Å². The molecule has 2 aliphatic carbocycles. The lowest BCUT2D eigenvalue weighted by Gasteiger charge is -2.42. The number of fused-ring (bicyclic) bond motifs is 1. The van der Waals surface area contributed by atoms with Crippen LogP contribution in [0.5, 0.6) is 0 Å². The highest BCUT2D eigenvalue weighted by Gasteiger charge is 2.33. The van der Waals surface area contributed by atoms with Gasteiger partial charge in [-0.15, -0.1) is 0 Å². The molecule has 3 fully saturated rings. The lowest BCUT2D eigenvalue weighted by molar-refractivity contribution is 0.127. The van der Waals surface area contributed by atoms with Crippen LogP contribution in [0.2, 0.25) is 0 Å². The van der Waals surface area contributed by atoms with Gasteiger partial charge in [0.25, 0.3) is 0 Å². The van der Waals surface area contributed by atoms with Crippen molar-refractivity contribution in [1.82, 2.24) is 10.3 Å². The number of nitrogens with zero attached hydrogens (tertiary/aromatic N) is 2. The number of nitrogens with two attached hydrogens (primary N) is 1. The normalized spacial score (nSPS) is 34.4. The first-order chi connectivity index (χ1) is 8.36. The number of aliphatic imine (C=N–C) groups is 1.